The number of carbonyl (C=O) groups is 1. The Hall–Kier alpha value is -2.54. The van der Waals surface area contributed by atoms with Crippen molar-refractivity contribution in [3.63, 3.8) is 0 Å². The summed E-state index contributed by atoms with van der Waals surface area (Å²) in [6.45, 7) is 4.08. The van der Waals surface area contributed by atoms with Crippen LogP contribution in [0, 0.1) is 0 Å². The van der Waals surface area contributed by atoms with Gasteiger partial charge in [-0.3, -0.25) is 0 Å². The van der Waals surface area contributed by atoms with E-state index in [9.17, 15) is 18.0 Å². The second kappa shape index (κ2) is 13.1. The minimum Gasteiger partial charge on any atom is -0.494 e. The number of unbranched alkanes of at least 4 members (excludes halogenated alkanes) is 3. The quantitative estimate of drug-likeness (QED) is 0.247. The highest BCUT2D eigenvalue weighted by atomic mass is 19.4. The summed E-state index contributed by atoms with van der Waals surface area (Å²) in [5.41, 5.74) is 1.78. The molecule has 2 aromatic rings. The van der Waals surface area contributed by atoms with Crippen molar-refractivity contribution in [2.75, 3.05) is 19.8 Å². The molecular formula is C25H31F3O4. The molecular weight excluding hydrogens is 421 g/mol. The Bertz CT molecular complexity index is 801. The van der Waals surface area contributed by atoms with Crippen LogP contribution in [-0.2, 0) is 9.47 Å². The molecule has 32 heavy (non-hydrogen) atoms. The van der Waals surface area contributed by atoms with E-state index < -0.39 is 24.9 Å². The molecule has 1 atom stereocenters. The molecule has 0 N–H and O–H groups in total. The van der Waals surface area contributed by atoms with Crippen LogP contribution < -0.4 is 4.74 Å². The molecule has 0 spiro atoms. The highest BCUT2D eigenvalue weighted by Crippen LogP contribution is 2.26. The summed E-state index contributed by atoms with van der Waals surface area (Å²) < 4.78 is 54.6. The van der Waals surface area contributed by atoms with Crippen LogP contribution >= 0.6 is 0 Å². The van der Waals surface area contributed by atoms with Gasteiger partial charge in [0.05, 0.1) is 18.8 Å². The SMILES string of the molecule is CCCCCCOc1ccc(-c2ccc(C(=O)OC(COCCC)C(F)(F)F)cc2)cc1. The fraction of sp³-hybridized carbons (Fsp3) is 0.480. The number of hydrogen-bond donors (Lipinski definition) is 0. The maximum absolute atomic E-state index is 13.1. The molecule has 176 valence electrons. The zero-order valence-corrected chi connectivity index (χ0v) is 18.6. The second-order valence-corrected chi connectivity index (χ2v) is 7.52. The predicted octanol–water partition coefficient (Wildman–Crippen LogP) is 6.83. The Labute approximate surface area is 187 Å². The summed E-state index contributed by atoms with van der Waals surface area (Å²) in [4.78, 5) is 12.2. The third-order valence-electron chi connectivity index (χ3n) is 4.81. The Morgan fingerprint density at radius 2 is 1.47 bits per heavy atom. The zero-order valence-electron chi connectivity index (χ0n) is 18.6. The Morgan fingerprint density at radius 3 is 2.03 bits per heavy atom. The van der Waals surface area contributed by atoms with Crippen LogP contribution in [0.15, 0.2) is 48.5 Å². The van der Waals surface area contributed by atoms with Crippen LogP contribution in [0.5, 0.6) is 5.75 Å². The lowest BCUT2D eigenvalue weighted by atomic mass is 10.0. The van der Waals surface area contributed by atoms with E-state index in [1.807, 2.05) is 24.3 Å². The normalized spacial score (nSPS) is 12.4. The van der Waals surface area contributed by atoms with Crippen molar-refractivity contribution in [3.05, 3.63) is 54.1 Å². The summed E-state index contributed by atoms with van der Waals surface area (Å²) in [7, 11) is 0. The van der Waals surface area contributed by atoms with Gasteiger partial charge in [0.1, 0.15) is 5.75 Å². The van der Waals surface area contributed by atoms with Gasteiger partial charge in [0.2, 0.25) is 6.10 Å². The van der Waals surface area contributed by atoms with Gasteiger partial charge in [-0.2, -0.15) is 13.2 Å². The number of benzene rings is 2. The highest BCUT2D eigenvalue weighted by Gasteiger charge is 2.43. The number of carbonyl (C=O) groups excluding carboxylic acids is 1. The van der Waals surface area contributed by atoms with Crippen LogP contribution in [0.3, 0.4) is 0 Å². The lowest BCUT2D eigenvalue weighted by Crippen LogP contribution is -2.38. The number of hydrogen-bond acceptors (Lipinski definition) is 4. The van der Waals surface area contributed by atoms with Gasteiger partial charge in [0.25, 0.3) is 0 Å². The van der Waals surface area contributed by atoms with E-state index in [1.165, 1.54) is 25.0 Å². The fourth-order valence-electron chi connectivity index (χ4n) is 2.99. The summed E-state index contributed by atoms with van der Waals surface area (Å²) in [6, 6.07) is 13.8. The smallest absolute Gasteiger partial charge is 0.427 e. The van der Waals surface area contributed by atoms with Crippen molar-refractivity contribution in [2.45, 2.75) is 58.2 Å². The van der Waals surface area contributed by atoms with Crippen molar-refractivity contribution >= 4 is 5.97 Å². The van der Waals surface area contributed by atoms with Gasteiger partial charge >= 0.3 is 12.1 Å². The van der Waals surface area contributed by atoms with Gasteiger partial charge in [0, 0.05) is 6.61 Å². The standard InChI is InChI=1S/C25H31F3O4/c1-3-5-6-7-17-31-22-14-12-20(13-15-22)19-8-10-21(11-9-19)24(29)32-23(25(26,27)28)18-30-16-4-2/h8-15,23H,3-7,16-18H2,1-2H3. The summed E-state index contributed by atoms with van der Waals surface area (Å²) >= 11 is 0. The summed E-state index contributed by atoms with van der Waals surface area (Å²) in [6.07, 6.45) is -1.85. The first-order valence-electron chi connectivity index (χ1n) is 11.0. The molecule has 2 rings (SSSR count). The number of ether oxygens (including phenoxy) is 3. The van der Waals surface area contributed by atoms with Crippen LogP contribution in [0.1, 0.15) is 56.3 Å². The molecule has 0 aliphatic heterocycles. The lowest BCUT2D eigenvalue weighted by Gasteiger charge is -2.20. The molecule has 2 aromatic carbocycles. The van der Waals surface area contributed by atoms with E-state index in [0.29, 0.717) is 13.0 Å². The highest BCUT2D eigenvalue weighted by molar-refractivity contribution is 5.90. The van der Waals surface area contributed by atoms with E-state index in [-0.39, 0.29) is 12.2 Å². The molecule has 0 amide bonds. The first-order valence-corrected chi connectivity index (χ1v) is 11.0. The van der Waals surface area contributed by atoms with E-state index in [0.717, 1.165) is 29.7 Å². The van der Waals surface area contributed by atoms with E-state index >= 15 is 0 Å². The van der Waals surface area contributed by atoms with Crippen molar-refractivity contribution in [1.29, 1.82) is 0 Å². The molecule has 0 aromatic heterocycles. The predicted molar refractivity (Wildman–Crippen MR) is 118 cm³/mol. The Kier molecular flexibility index (Phi) is 10.5. The Balaban J connectivity index is 1.94. The van der Waals surface area contributed by atoms with Crippen molar-refractivity contribution < 1.29 is 32.2 Å². The van der Waals surface area contributed by atoms with E-state index in [4.69, 9.17) is 9.47 Å². The van der Waals surface area contributed by atoms with Gasteiger partial charge in [-0.25, -0.2) is 4.79 Å². The molecule has 7 heteroatoms. The topological polar surface area (TPSA) is 44.8 Å². The molecule has 0 radical (unpaired) electrons. The Morgan fingerprint density at radius 1 is 0.844 bits per heavy atom. The minimum atomic E-state index is -4.69. The third kappa shape index (κ3) is 8.54. The van der Waals surface area contributed by atoms with Gasteiger partial charge in [0.15, 0.2) is 0 Å². The monoisotopic (exact) mass is 452 g/mol. The molecule has 1 unspecified atom stereocenters. The fourth-order valence-corrected chi connectivity index (χ4v) is 2.99. The molecule has 4 nitrogen and oxygen atoms in total. The van der Waals surface area contributed by atoms with Gasteiger partial charge < -0.3 is 14.2 Å². The van der Waals surface area contributed by atoms with Crippen LogP contribution in [0.25, 0.3) is 11.1 Å². The zero-order chi connectivity index (χ0) is 23.4. The number of halogens is 3. The lowest BCUT2D eigenvalue weighted by molar-refractivity contribution is -0.217. The van der Waals surface area contributed by atoms with Gasteiger partial charge in [-0.15, -0.1) is 0 Å². The first-order chi connectivity index (χ1) is 15.3. The van der Waals surface area contributed by atoms with Crippen LogP contribution in [0.4, 0.5) is 13.2 Å². The first kappa shape index (κ1) is 25.7. The average molecular weight is 453 g/mol. The molecule has 0 bridgehead atoms. The minimum absolute atomic E-state index is 0.0468. The molecule has 0 heterocycles. The van der Waals surface area contributed by atoms with Crippen molar-refractivity contribution in [3.8, 4) is 16.9 Å². The number of esters is 1. The molecule has 0 fully saturated rings. The second-order valence-electron chi connectivity index (χ2n) is 7.52. The maximum Gasteiger partial charge on any atom is 0.427 e. The number of alkyl halides is 3. The van der Waals surface area contributed by atoms with Crippen LogP contribution in [0.2, 0.25) is 0 Å². The average Bonchev–Trinajstić information content (AvgIpc) is 2.78. The van der Waals surface area contributed by atoms with Crippen molar-refractivity contribution in [2.24, 2.45) is 0 Å². The van der Waals surface area contributed by atoms with E-state index in [2.05, 4.69) is 11.7 Å². The number of rotatable bonds is 13. The maximum atomic E-state index is 13.1. The van der Waals surface area contributed by atoms with Crippen molar-refractivity contribution in [1.82, 2.24) is 0 Å². The van der Waals surface area contributed by atoms with Gasteiger partial charge in [-0.05, 0) is 48.2 Å². The van der Waals surface area contributed by atoms with E-state index in [1.54, 1.807) is 19.1 Å². The largest absolute Gasteiger partial charge is 0.494 e. The molecule has 0 saturated heterocycles. The summed E-state index contributed by atoms with van der Waals surface area (Å²) in [5.74, 6) is -0.250. The molecule has 0 aliphatic carbocycles. The molecule has 0 aliphatic rings. The summed E-state index contributed by atoms with van der Waals surface area (Å²) in [5, 5.41) is 0. The van der Waals surface area contributed by atoms with Crippen LogP contribution in [-0.4, -0.2) is 38.1 Å². The third-order valence-corrected chi connectivity index (χ3v) is 4.81. The molecule has 0 saturated carbocycles. The van der Waals surface area contributed by atoms with Gasteiger partial charge in [-0.1, -0.05) is 57.4 Å².